The topological polar surface area (TPSA) is 75.7 Å². The molecule has 0 saturated heterocycles. The molecule has 0 aliphatic heterocycles. The van der Waals surface area contributed by atoms with Gasteiger partial charge in [0.2, 0.25) is 5.91 Å². The lowest BCUT2D eigenvalue weighted by Gasteiger charge is -2.32. The van der Waals surface area contributed by atoms with Crippen molar-refractivity contribution in [3.05, 3.63) is 89.0 Å². The van der Waals surface area contributed by atoms with E-state index in [2.05, 4.69) is 5.32 Å². The van der Waals surface area contributed by atoms with Gasteiger partial charge in [-0.3, -0.25) is 9.10 Å². The third-order valence-electron chi connectivity index (χ3n) is 5.19. The fourth-order valence-electron chi connectivity index (χ4n) is 3.52. The molecule has 6 nitrogen and oxygen atoms in total. The van der Waals surface area contributed by atoms with E-state index in [1.54, 1.807) is 31.2 Å². The number of hydrogen-bond donors (Lipinski definition) is 1. The third kappa shape index (κ3) is 6.49. The first-order chi connectivity index (χ1) is 16.6. The van der Waals surface area contributed by atoms with Gasteiger partial charge in [-0.15, -0.1) is 0 Å². The van der Waals surface area contributed by atoms with Crippen LogP contribution in [0.4, 0.5) is 14.5 Å². The van der Waals surface area contributed by atoms with Gasteiger partial charge in [-0.1, -0.05) is 29.8 Å². The number of anilines is 1. The number of rotatable bonds is 10. The van der Waals surface area contributed by atoms with Crippen molar-refractivity contribution in [1.82, 2.24) is 5.32 Å². The number of nitrogens with one attached hydrogen (secondary N) is 1. The molecule has 1 atom stereocenters. The smallest absolute Gasteiger partial charge is 0.264 e. The Morgan fingerprint density at radius 1 is 1.09 bits per heavy atom. The Hall–Kier alpha value is -3.17. The van der Waals surface area contributed by atoms with Crippen LogP contribution in [0.1, 0.15) is 31.9 Å². The zero-order chi connectivity index (χ0) is 25.6. The third-order valence-corrected chi connectivity index (χ3v) is 7.34. The molecule has 0 saturated carbocycles. The summed E-state index contributed by atoms with van der Waals surface area (Å²) in [5, 5.41) is 3.00. The standard InChI is InChI=1S/C25H25ClF2N2O4S/c1-17(22-6-3-4-7-25(22)34-15-5-14-29-18(2)31)30(24-16-20(27)10-13-23(24)28)35(32,33)21-11-8-19(26)9-12-21/h3-4,6-13,16-17H,5,14-15H2,1-2H3,(H,29,31). The number of para-hydroxylation sites is 1. The van der Waals surface area contributed by atoms with Crippen molar-refractivity contribution in [3.8, 4) is 5.75 Å². The maximum atomic E-state index is 14.9. The Bertz CT molecular complexity index is 1290. The molecule has 3 rings (SSSR count). The lowest BCUT2D eigenvalue weighted by atomic mass is 10.1. The molecule has 1 amide bonds. The summed E-state index contributed by atoms with van der Waals surface area (Å²) >= 11 is 5.91. The SMILES string of the molecule is CC(=O)NCCCOc1ccccc1C(C)N(c1cc(F)ccc1F)S(=O)(=O)c1ccc(Cl)cc1. The van der Waals surface area contributed by atoms with E-state index in [0.717, 1.165) is 22.5 Å². The van der Waals surface area contributed by atoms with Crippen LogP contribution in [0, 0.1) is 11.6 Å². The molecule has 3 aromatic carbocycles. The van der Waals surface area contributed by atoms with Crippen LogP contribution in [0.15, 0.2) is 71.6 Å². The van der Waals surface area contributed by atoms with Crippen molar-refractivity contribution in [2.45, 2.75) is 31.2 Å². The summed E-state index contributed by atoms with van der Waals surface area (Å²) in [5.74, 6) is -1.45. The highest BCUT2D eigenvalue weighted by Gasteiger charge is 2.34. The van der Waals surface area contributed by atoms with Crippen LogP contribution in [0.5, 0.6) is 5.75 Å². The van der Waals surface area contributed by atoms with E-state index in [4.69, 9.17) is 16.3 Å². The largest absolute Gasteiger partial charge is 0.493 e. The Morgan fingerprint density at radius 2 is 1.77 bits per heavy atom. The van der Waals surface area contributed by atoms with Gasteiger partial charge in [-0.2, -0.15) is 0 Å². The number of carbonyl (C=O) groups excluding carboxylic acids is 1. The van der Waals surface area contributed by atoms with E-state index in [9.17, 15) is 22.0 Å². The predicted molar refractivity (Wildman–Crippen MR) is 131 cm³/mol. The first-order valence-electron chi connectivity index (χ1n) is 10.8. The van der Waals surface area contributed by atoms with Gasteiger partial charge in [-0.25, -0.2) is 17.2 Å². The number of ether oxygens (including phenoxy) is 1. The second kappa shape index (κ2) is 11.5. The average Bonchev–Trinajstić information content (AvgIpc) is 2.81. The van der Waals surface area contributed by atoms with Crippen LogP contribution in [0.25, 0.3) is 0 Å². The van der Waals surface area contributed by atoms with Gasteiger partial charge in [0.25, 0.3) is 10.0 Å². The molecule has 0 aromatic heterocycles. The van der Waals surface area contributed by atoms with E-state index in [1.165, 1.54) is 31.2 Å². The van der Waals surface area contributed by atoms with Crippen LogP contribution in [-0.2, 0) is 14.8 Å². The maximum absolute atomic E-state index is 14.9. The summed E-state index contributed by atoms with van der Waals surface area (Å²) in [5.41, 5.74) is 0.0149. The minimum atomic E-state index is -4.35. The van der Waals surface area contributed by atoms with E-state index in [0.29, 0.717) is 29.3 Å². The monoisotopic (exact) mass is 522 g/mol. The molecule has 3 aromatic rings. The Morgan fingerprint density at radius 3 is 2.46 bits per heavy atom. The number of halogens is 3. The van der Waals surface area contributed by atoms with Crippen LogP contribution in [-0.4, -0.2) is 27.5 Å². The van der Waals surface area contributed by atoms with Crippen molar-refractivity contribution in [3.63, 3.8) is 0 Å². The molecule has 1 unspecified atom stereocenters. The number of amides is 1. The lowest BCUT2D eigenvalue weighted by molar-refractivity contribution is -0.118. The highest BCUT2D eigenvalue weighted by atomic mass is 35.5. The molecule has 35 heavy (non-hydrogen) atoms. The molecule has 186 valence electrons. The molecular formula is C25H25ClF2N2O4S. The van der Waals surface area contributed by atoms with E-state index < -0.39 is 33.4 Å². The molecule has 1 N–H and O–H groups in total. The summed E-state index contributed by atoms with van der Waals surface area (Å²) < 4.78 is 63.1. The highest BCUT2D eigenvalue weighted by Crippen LogP contribution is 2.38. The second-order valence-corrected chi connectivity index (χ2v) is 10.0. The van der Waals surface area contributed by atoms with E-state index in [1.807, 2.05) is 0 Å². The van der Waals surface area contributed by atoms with Gasteiger partial charge in [0.05, 0.1) is 23.2 Å². The highest BCUT2D eigenvalue weighted by molar-refractivity contribution is 7.92. The van der Waals surface area contributed by atoms with E-state index in [-0.39, 0.29) is 17.4 Å². The van der Waals surface area contributed by atoms with Crippen molar-refractivity contribution in [2.75, 3.05) is 17.5 Å². The quantitative estimate of drug-likeness (QED) is 0.358. The lowest BCUT2D eigenvalue weighted by Crippen LogP contribution is -2.34. The Labute approximate surface area is 208 Å². The van der Waals surface area contributed by atoms with Gasteiger partial charge < -0.3 is 10.1 Å². The summed E-state index contributed by atoms with van der Waals surface area (Å²) in [7, 11) is -4.35. The van der Waals surface area contributed by atoms with Crippen LogP contribution < -0.4 is 14.4 Å². The molecule has 0 aliphatic rings. The fourth-order valence-corrected chi connectivity index (χ4v) is 5.29. The second-order valence-electron chi connectivity index (χ2n) is 7.75. The molecule has 10 heteroatoms. The van der Waals surface area contributed by atoms with Crippen molar-refractivity contribution >= 4 is 33.2 Å². The number of nitrogens with zero attached hydrogens (tertiary/aromatic N) is 1. The number of hydrogen-bond acceptors (Lipinski definition) is 4. The maximum Gasteiger partial charge on any atom is 0.264 e. The van der Waals surface area contributed by atoms with Gasteiger partial charge in [-0.05, 0) is 55.8 Å². The summed E-state index contributed by atoms with van der Waals surface area (Å²) in [6.07, 6.45) is 0.521. The van der Waals surface area contributed by atoms with Gasteiger partial charge in [0.15, 0.2) is 0 Å². The summed E-state index contributed by atoms with van der Waals surface area (Å²) in [4.78, 5) is 10.9. The van der Waals surface area contributed by atoms with Crippen molar-refractivity contribution in [2.24, 2.45) is 0 Å². The molecule has 0 radical (unpaired) electrons. The van der Waals surface area contributed by atoms with E-state index >= 15 is 0 Å². The minimum absolute atomic E-state index is 0.133. The van der Waals surface area contributed by atoms with Crippen LogP contribution in [0.3, 0.4) is 0 Å². The Kier molecular flexibility index (Phi) is 8.69. The normalized spacial score (nSPS) is 12.1. The molecule has 0 aliphatic carbocycles. The molecular weight excluding hydrogens is 498 g/mol. The summed E-state index contributed by atoms with van der Waals surface area (Å²) in [6.45, 7) is 3.65. The van der Waals surface area contributed by atoms with Crippen LogP contribution >= 0.6 is 11.6 Å². The minimum Gasteiger partial charge on any atom is -0.493 e. The first-order valence-corrected chi connectivity index (χ1v) is 12.6. The number of carbonyl (C=O) groups is 1. The van der Waals surface area contributed by atoms with Gasteiger partial charge in [0, 0.05) is 30.1 Å². The summed E-state index contributed by atoms with van der Waals surface area (Å²) in [6, 6.07) is 13.8. The predicted octanol–water partition coefficient (Wildman–Crippen LogP) is 5.48. The van der Waals surface area contributed by atoms with Gasteiger partial charge >= 0.3 is 0 Å². The molecule has 0 bridgehead atoms. The molecule has 0 spiro atoms. The zero-order valence-electron chi connectivity index (χ0n) is 19.2. The van der Waals surface area contributed by atoms with Crippen molar-refractivity contribution in [1.29, 1.82) is 0 Å². The average molecular weight is 523 g/mol. The fraction of sp³-hybridized carbons (Fsp3) is 0.240. The van der Waals surface area contributed by atoms with Gasteiger partial charge in [0.1, 0.15) is 17.4 Å². The Balaban J connectivity index is 2.03. The molecule has 0 heterocycles. The number of benzene rings is 3. The number of sulfonamides is 1. The molecule has 0 fully saturated rings. The first kappa shape index (κ1) is 26.4. The zero-order valence-corrected chi connectivity index (χ0v) is 20.7. The van der Waals surface area contributed by atoms with Crippen molar-refractivity contribution < 1.29 is 26.7 Å². The van der Waals surface area contributed by atoms with Crippen LogP contribution in [0.2, 0.25) is 5.02 Å².